The number of amides is 2. The number of nitrogens with one attached hydrogen (secondary N) is 1. The number of para-hydroxylation sites is 1. The maximum Gasteiger partial charge on any atom is 0.317 e. The van der Waals surface area contributed by atoms with Gasteiger partial charge < -0.3 is 19.7 Å². The minimum atomic E-state index is -0.0132. The van der Waals surface area contributed by atoms with Crippen molar-refractivity contribution in [1.29, 1.82) is 5.26 Å². The zero-order valence-electron chi connectivity index (χ0n) is 16.3. The van der Waals surface area contributed by atoms with Gasteiger partial charge in [-0.3, -0.25) is 0 Å². The normalized spacial score (nSPS) is 14.0. The van der Waals surface area contributed by atoms with Crippen LogP contribution in [-0.4, -0.2) is 53.2 Å². The number of hydrogen-bond acceptors (Lipinski definition) is 4. The van der Waals surface area contributed by atoms with Crippen LogP contribution in [0.3, 0.4) is 0 Å². The fraction of sp³-hybridized carbons (Fsp3) is 0.318. The van der Waals surface area contributed by atoms with E-state index in [-0.39, 0.29) is 6.03 Å². The van der Waals surface area contributed by atoms with Gasteiger partial charge in [0.2, 0.25) is 0 Å². The largest absolute Gasteiger partial charge is 0.353 e. The van der Waals surface area contributed by atoms with Gasteiger partial charge in [0.05, 0.1) is 11.6 Å². The van der Waals surface area contributed by atoms with Crippen LogP contribution in [0.5, 0.6) is 0 Å². The van der Waals surface area contributed by atoms with Gasteiger partial charge in [0.1, 0.15) is 5.82 Å². The van der Waals surface area contributed by atoms with Crippen molar-refractivity contribution in [3.63, 3.8) is 0 Å². The topological polar surface area (TPSA) is 77.2 Å². The molecule has 1 aliphatic heterocycles. The highest BCUT2D eigenvalue weighted by atomic mass is 16.2. The number of piperazine rings is 1. The zero-order valence-corrected chi connectivity index (χ0v) is 16.3. The highest BCUT2D eigenvalue weighted by Crippen LogP contribution is 2.16. The van der Waals surface area contributed by atoms with Gasteiger partial charge in [-0.2, -0.15) is 5.26 Å². The van der Waals surface area contributed by atoms with Crippen LogP contribution in [0.25, 0.3) is 10.9 Å². The molecule has 29 heavy (non-hydrogen) atoms. The first kappa shape index (κ1) is 18.8. The van der Waals surface area contributed by atoms with Gasteiger partial charge in [-0.1, -0.05) is 18.2 Å². The Morgan fingerprint density at radius 3 is 2.79 bits per heavy atom. The first-order valence-corrected chi connectivity index (χ1v) is 9.92. The summed E-state index contributed by atoms with van der Waals surface area (Å²) in [6.45, 7) is 4.24. The zero-order chi connectivity index (χ0) is 20.1. The molecule has 0 spiro atoms. The molecule has 0 bridgehead atoms. The first-order valence-electron chi connectivity index (χ1n) is 9.92. The lowest BCUT2D eigenvalue weighted by atomic mass is 10.2. The second-order valence-corrected chi connectivity index (χ2v) is 7.14. The van der Waals surface area contributed by atoms with E-state index in [4.69, 9.17) is 5.26 Å². The quantitative estimate of drug-likeness (QED) is 0.682. The SMILES string of the molecule is N#Cc1ccnc(N2CCN(C(=O)NCCCn3ccc4ccccc43)CC2)c1. The lowest BCUT2D eigenvalue weighted by molar-refractivity contribution is 0.194. The van der Waals surface area contributed by atoms with Crippen LogP contribution >= 0.6 is 0 Å². The number of rotatable bonds is 5. The smallest absolute Gasteiger partial charge is 0.317 e. The van der Waals surface area contributed by atoms with Crippen LogP contribution in [0.4, 0.5) is 10.6 Å². The van der Waals surface area contributed by atoms with Crippen molar-refractivity contribution < 1.29 is 4.79 Å². The van der Waals surface area contributed by atoms with Gasteiger partial charge in [-0.05, 0) is 36.1 Å². The predicted molar refractivity (Wildman–Crippen MR) is 113 cm³/mol. The second-order valence-electron chi connectivity index (χ2n) is 7.14. The second kappa shape index (κ2) is 8.65. The molecule has 1 saturated heterocycles. The van der Waals surface area contributed by atoms with E-state index in [0.717, 1.165) is 18.8 Å². The summed E-state index contributed by atoms with van der Waals surface area (Å²) in [5.74, 6) is 0.794. The van der Waals surface area contributed by atoms with Gasteiger partial charge in [-0.15, -0.1) is 0 Å². The molecule has 1 N–H and O–H groups in total. The molecule has 3 aromatic rings. The average Bonchev–Trinajstić information content (AvgIpc) is 3.20. The summed E-state index contributed by atoms with van der Waals surface area (Å²) in [6, 6.07) is 16.1. The summed E-state index contributed by atoms with van der Waals surface area (Å²) in [6.07, 6.45) is 4.64. The average molecular weight is 388 g/mol. The van der Waals surface area contributed by atoms with Crippen molar-refractivity contribution in [3.05, 3.63) is 60.4 Å². The molecule has 2 aromatic heterocycles. The minimum Gasteiger partial charge on any atom is -0.353 e. The van der Waals surface area contributed by atoms with Crippen molar-refractivity contribution in [3.8, 4) is 6.07 Å². The predicted octanol–water partition coefficient (Wildman–Crippen LogP) is 2.83. The summed E-state index contributed by atoms with van der Waals surface area (Å²) in [5, 5.41) is 13.3. The molecule has 2 amide bonds. The van der Waals surface area contributed by atoms with E-state index in [0.29, 0.717) is 38.3 Å². The fourth-order valence-electron chi connectivity index (χ4n) is 3.69. The van der Waals surface area contributed by atoms with Gasteiger partial charge in [0.25, 0.3) is 0 Å². The fourth-order valence-corrected chi connectivity index (χ4v) is 3.69. The Bertz CT molecular complexity index is 1030. The number of benzene rings is 1. The molecular formula is C22H24N6O. The number of carbonyl (C=O) groups excluding carboxylic acids is 1. The Balaban J connectivity index is 1.21. The van der Waals surface area contributed by atoms with E-state index in [9.17, 15) is 4.79 Å². The number of hydrogen-bond donors (Lipinski definition) is 1. The molecule has 7 nitrogen and oxygen atoms in total. The van der Waals surface area contributed by atoms with E-state index in [1.807, 2.05) is 17.0 Å². The molecule has 0 unspecified atom stereocenters. The standard InChI is InChI=1S/C22H24N6O/c23-17-18-6-9-24-21(16-18)27-12-14-28(15-13-27)22(29)25-8-3-10-26-11-7-19-4-1-2-5-20(19)26/h1-2,4-7,9,11,16H,3,8,10,12-15H2,(H,25,29). The van der Waals surface area contributed by atoms with Crippen molar-refractivity contribution in [2.24, 2.45) is 0 Å². The molecule has 3 heterocycles. The Morgan fingerprint density at radius 2 is 1.97 bits per heavy atom. The minimum absolute atomic E-state index is 0.0132. The van der Waals surface area contributed by atoms with Gasteiger partial charge in [0, 0.05) is 57.2 Å². The number of anilines is 1. The number of fused-ring (bicyclic) bond motifs is 1. The number of aromatic nitrogens is 2. The van der Waals surface area contributed by atoms with E-state index >= 15 is 0 Å². The van der Waals surface area contributed by atoms with Crippen molar-refractivity contribution in [2.45, 2.75) is 13.0 Å². The maximum absolute atomic E-state index is 12.4. The molecule has 0 radical (unpaired) electrons. The van der Waals surface area contributed by atoms with Gasteiger partial charge in [0.15, 0.2) is 0 Å². The summed E-state index contributed by atoms with van der Waals surface area (Å²) in [7, 11) is 0. The molecule has 0 aliphatic carbocycles. The third-order valence-corrected chi connectivity index (χ3v) is 5.30. The van der Waals surface area contributed by atoms with Crippen LogP contribution in [0.2, 0.25) is 0 Å². The van der Waals surface area contributed by atoms with Gasteiger partial charge in [-0.25, -0.2) is 9.78 Å². The maximum atomic E-state index is 12.4. The molecule has 1 fully saturated rings. The number of aryl methyl sites for hydroxylation is 1. The highest BCUT2D eigenvalue weighted by Gasteiger charge is 2.21. The Labute approximate surface area is 170 Å². The van der Waals surface area contributed by atoms with E-state index in [2.05, 4.69) is 50.2 Å². The molecule has 1 aromatic carbocycles. The van der Waals surface area contributed by atoms with Crippen molar-refractivity contribution in [1.82, 2.24) is 19.8 Å². The number of nitrogens with zero attached hydrogens (tertiary/aromatic N) is 5. The highest BCUT2D eigenvalue weighted by molar-refractivity contribution is 5.79. The van der Waals surface area contributed by atoms with Crippen molar-refractivity contribution in [2.75, 3.05) is 37.6 Å². The van der Waals surface area contributed by atoms with Crippen LogP contribution in [0.15, 0.2) is 54.9 Å². The Morgan fingerprint density at radius 1 is 1.14 bits per heavy atom. The summed E-state index contributed by atoms with van der Waals surface area (Å²) < 4.78 is 2.22. The number of carbonyl (C=O) groups is 1. The summed E-state index contributed by atoms with van der Waals surface area (Å²) in [4.78, 5) is 20.7. The summed E-state index contributed by atoms with van der Waals surface area (Å²) >= 11 is 0. The van der Waals surface area contributed by atoms with Crippen LogP contribution in [0.1, 0.15) is 12.0 Å². The molecular weight excluding hydrogens is 364 g/mol. The third-order valence-electron chi connectivity index (χ3n) is 5.30. The molecule has 0 atom stereocenters. The monoisotopic (exact) mass is 388 g/mol. The number of pyridine rings is 1. The van der Waals surface area contributed by atoms with Gasteiger partial charge >= 0.3 is 6.03 Å². The van der Waals surface area contributed by atoms with E-state index < -0.39 is 0 Å². The molecule has 1 aliphatic rings. The summed E-state index contributed by atoms with van der Waals surface area (Å²) in [5.41, 5.74) is 1.83. The van der Waals surface area contributed by atoms with E-state index in [1.165, 1.54) is 10.9 Å². The lowest BCUT2D eigenvalue weighted by Gasteiger charge is -2.35. The third kappa shape index (κ3) is 4.32. The number of urea groups is 1. The van der Waals surface area contributed by atoms with Crippen LogP contribution < -0.4 is 10.2 Å². The Kier molecular flexibility index (Phi) is 5.61. The first-order chi connectivity index (χ1) is 14.2. The van der Waals surface area contributed by atoms with Crippen LogP contribution in [0, 0.1) is 11.3 Å². The lowest BCUT2D eigenvalue weighted by Crippen LogP contribution is -2.52. The molecule has 0 saturated carbocycles. The molecule has 4 rings (SSSR count). The van der Waals surface area contributed by atoms with Crippen molar-refractivity contribution >= 4 is 22.8 Å². The van der Waals surface area contributed by atoms with Crippen LogP contribution in [-0.2, 0) is 6.54 Å². The Hall–Kier alpha value is -3.53. The molecule has 148 valence electrons. The van der Waals surface area contributed by atoms with E-state index in [1.54, 1.807) is 18.3 Å². The number of nitriles is 1. The molecule has 7 heteroatoms.